The number of fused-ring (bicyclic) bond motifs is 9. The van der Waals surface area contributed by atoms with Crippen molar-refractivity contribution in [3.8, 4) is 28.1 Å². The fourth-order valence-corrected chi connectivity index (χ4v) is 6.92. The zero-order valence-corrected chi connectivity index (χ0v) is 23.9. The maximum atomic E-state index is 6.49. The van der Waals surface area contributed by atoms with Gasteiger partial charge in [0.25, 0.3) is 0 Å². The van der Waals surface area contributed by atoms with Gasteiger partial charge in [-0.25, -0.2) is 9.97 Å². The molecule has 0 saturated heterocycles. The van der Waals surface area contributed by atoms with E-state index in [2.05, 4.69) is 114 Å². The Morgan fingerprint density at radius 2 is 1.13 bits per heavy atom. The molecule has 0 N–H and O–H groups in total. The van der Waals surface area contributed by atoms with Crippen LogP contribution in [0.2, 0.25) is 0 Å². The van der Waals surface area contributed by atoms with Gasteiger partial charge >= 0.3 is 0 Å². The van der Waals surface area contributed by atoms with Crippen LogP contribution in [0.4, 0.5) is 0 Å². The third-order valence-corrected chi connectivity index (χ3v) is 8.92. The Morgan fingerprint density at radius 3 is 1.98 bits per heavy atom. The maximum Gasteiger partial charge on any atom is 0.180 e. The zero-order valence-electron chi connectivity index (χ0n) is 23.9. The van der Waals surface area contributed by atoms with Crippen LogP contribution in [0.15, 0.2) is 149 Å². The molecule has 5 heteroatoms. The van der Waals surface area contributed by atoms with E-state index in [1.807, 2.05) is 24.3 Å². The highest BCUT2D eigenvalue weighted by Crippen LogP contribution is 2.39. The van der Waals surface area contributed by atoms with Gasteiger partial charge in [-0.3, -0.25) is 0 Å². The van der Waals surface area contributed by atoms with Crippen molar-refractivity contribution in [3.63, 3.8) is 0 Å². The average molecular weight is 578 g/mol. The van der Waals surface area contributed by atoms with E-state index in [1.54, 1.807) is 6.33 Å². The fourth-order valence-electron chi connectivity index (χ4n) is 6.92. The molecule has 0 aliphatic carbocycles. The first-order valence-corrected chi connectivity index (χ1v) is 15.0. The number of aromatic nitrogens is 3. The van der Waals surface area contributed by atoms with Crippen molar-refractivity contribution in [3.05, 3.63) is 140 Å². The maximum absolute atomic E-state index is 6.49. The number of benzene rings is 6. The second-order valence-electron chi connectivity index (χ2n) is 11.4. The Hall–Kier alpha value is -6.20. The number of nitrogens with zero attached hydrogens (tertiary/aromatic N) is 3. The van der Waals surface area contributed by atoms with E-state index >= 15 is 0 Å². The SMILES string of the molecule is c1cc(-c2cccc3c2oc2ccccc23)cc(-c2ncnc3c2oc2ccc(-n4c5ccccc5c5ccccc54)cc23)c1. The van der Waals surface area contributed by atoms with Crippen LogP contribution < -0.4 is 0 Å². The highest BCUT2D eigenvalue weighted by Gasteiger charge is 2.19. The van der Waals surface area contributed by atoms with Gasteiger partial charge in [-0.1, -0.05) is 91.0 Å². The quantitative estimate of drug-likeness (QED) is 0.210. The third-order valence-electron chi connectivity index (χ3n) is 8.92. The lowest BCUT2D eigenvalue weighted by atomic mass is 9.99. The van der Waals surface area contributed by atoms with Gasteiger partial charge in [-0.2, -0.15) is 0 Å². The lowest BCUT2D eigenvalue weighted by molar-refractivity contribution is 0.667. The summed E-state index contributed by atoms with van der Waals surface area (Å²) in [4.78, 5) is 9.44. The summed E-state index contributed by atoms with van der Waals surface area (Å²) in [6, 6.07) is 46.3. The van der Waals surface area contributed by atoms with E-state index in [9.17, 15) is 0 Å². The zero-order chi connectivity index (χ0) is 29.5. The minimum Gasteiger partial charge on any atom is -0.455 e. The smallest absolute Gasteiger partial charge is 0.180 e. The predicted octanol–water partition coefficient (Wildman–Crippen LogP) is 10.7. The van der Waals surface area contributed by atoms with Crippen molar-refractivity contribution in [2.45, 2.75) is 0 Å². The number of para-hydroxylation sites is 4. The van der Waals surface area contributed by atoms with Gasteiger partial charge in [0.05, 0.1) is 11.0 Å². The molecule has 10 aromatic rings. The second-order valence-corrected chi connectivity index (χ2v) is 11.4. The Bertz CT molecular complexity index is 2730. The fraction of sp³-hybridized carbons (Fsp3) is 0. The molecule has 0 spiro atoms. The first-order chi connectivity index (χ1) is 22.3. The molecule has 0 saturated carbocycles. The third kappa shape index (κ3) is 3.49. The van der Waals surface area contributed by atoms with Crippen molar-refractivity contribution in [1.82, 2.24) is 14.5 Å². The highest BCUT2D eigenvalue weighted by molar-refractivity contribution is 6.12. The monoisotopic (exact) mass is 577 g/mol. The molecular formula is C40H23N3O2. The molecule has 0 unspecified atom stereocenters. The van der Waals surface area contributed by atoms with Gasteiger partial charge in [0.15, 0.2) is 5.58 Å². The summed E-state index contributed by atoms with van der Waals surface area (Å²) >= 11 is 0. The van der Waals surface area contributed by atoms with Crippen LogP contribution in [0.25, 0.3) is 93.9 Å². The summed E-state index contributed by atoms with van der Waals surface area (Å²) in [6.45, 7) is 0. The van der Waals surface area contributed by atoms with E-state index in [0.717, 1.165) is 77.5 Å². The first kappa shape index (κ1) is 24.3. The van der Waals surface area contributed by atoms with Gasteiger partial charge in [-0.05, 0) is 48.0 Å². The lowest BCUT2D eigenvalue weighted by Crippen LogP contribution is -1.93. The lowest BCUT2D eigenvalue weighted by Gasteiger charge is -2.07. The highest BCUT2D eigenvalue weighted by atomic mass is 16.3. The Balaban J connectivity index is 1.14. The van der Waals surface area contributed by atoms with Crippen LogP contribution in [-0.4, -0.2) is 14.5 Å². The molecule has 0 radical (unpaired) electrons. The minimum absolute atomic E-state index is 0.672. The number of hydrogen-bond donors (Lipinski definition) is 0. The van der Waals surface area contributed by atoms with Crippen molar-refractivity contribution in [1.29, 1.82) is 0 Å². The van der Waals surface area contributed by atoms with Crippen LogP contribution >= 0.6 is 0 Å². The molecule has 0 aliphatic heterocycles. The molecule has 0 aliphatic rings. The molecule has 0 amide bonds. The molecule has 4 aromatic heterocycles. The van der Waals surface area contributed by atoms with E-state index in [4.69, 9.17) is 18.8 Å². The molecule has 4 heterocycles. The molecule has 6 aromatic carbocycles. The molecule has 45 heavy (non-hydrogen) atoms. The largest absolute Gasteiger partial charge is 0.455 e. The molecule has 0 fully saturated rings. The van der Waals surface area contributed by atoms with Crippen molar-refractivity contribution >= 4 is 65.8 Å². The van der Waals surface area contributed by atoms with Crippen LogP contribution in [-0.2, 0) is 0 Å². The topological polar surface area (TPSA) is 57.0 Å². The van der Waals surface area contributed by atoms with Crippen LogP contribution in [0.5, 0.6) is 0 Å². The minimum atomic E-state index is 0.672. The van der Waals surface area contributed by atoms with Crippen LogP contribution in [0.3, 0.4) is 0 Å². The average Bonchev–Trinajstić information content (AvgIpc) is 3.77. The second kappa shape index (κ2) is 9.15. The van der Waals surface area contributed by atoms with Gasteiger partial charge in [0, 0.05) is 43.7 Å². The summed E-state index contributed by atoms with van der Waals surface area (Å²) in [6.07, 6.45) is 1.63. The normalized spacial score (nSPS) is 12.0. The van der Waals surface area contributed by atoms with Gasteiger partial charge in [0.1, 0.15) is 34.3 Å². The molecule has 10 rings (SSSR count). The first-order valence-electron chi connectivity index (χ1n) is 15.0. The van der Waals surface area contributed by atoms with Crippen LogP contribution in [0.1, 0.15) is 0 Å². The standard InChI is InChI=1S/C40H23N3O2/c1-4-16-33-28(11-1)29-12-2-5-17-34(29)43(33)26-19-20-36-32(22-26)38-40(45-36)37(41-23-42-38)25-10-7-9-24(21-25)27-14-8-15-31-30-13-3-6-18-35(30)44-39(27)31/h1-23H. The predicted molar refractivity (Wildman–Crippen MR) is 182 cm³/mol. The van der Waals surface area contributed by atoms with E-state index in [-0.39, 0.29) is 0 Å². The van der Waals surface area contributed by atoms with Crippen LogP contribution in [0, 0.1) is 0 Å². The Morgan fingerprint density at radius 1 is 0.467 bits per heavy atom. The number of furan rings is 2. The number of rotatable bonds is 3. The van der Waals surface area contributed by atoms with Crippen molar-refractivity contribution in [2.75, 3.05) is 0 Å². The summed E-state index contributed by atoms with van der Waals surface area (Å²) < 4.78 is 15.1. The summed E-state index contributed by atoms with van der Waals surface area (Å²) in [7, 11) is 0. The summed E-state index contributed by atoms with van der Waals surface area (Å²) in [5, 5.41) is 5.64. The van der Waals surface area contributed by atoms with Gasteiger partial charge < -0.3 is 13.4 Å². The van der Waals surface area contributed by atoms with Gasteiger partial charge in [-0.15, -0.1) is 0 Å². The van der Waals surface area contributed by atoms with Crippen molar-refractivity contribution in [2.24, 2.45) is 0 Å². The molecule has 0 bridgehead atoms. The molecule has 210 valence electrons. The molecule has 0 atom stereocenters. The van der Waals surface area contributed by atoms with E-state index < -0.39 is 0 Å². The van der Waals surface area contributed by atoms with E-state index in [0.29, 0.717) is 5.58 Å². The molecular weight excluding hydrogens is 554 g/mol. The summed E-state index contributed by atoms with van der Waals surface area (Å²) in [5.41, 5.74) is 11.2. The Labute approximate surface area is 256 Å². The van der Waals surface area contributed by atoms with Crippen molar-refractivity contribution < 1.29 is 8.83 Å². The molecule has 5 nitrogen and oxygen atoms in total. The van der Waals surface area contributed by atoms with E-state index in [1.165, 1.54) is 10.8 Å². The number of hydrogen-bond acceptors (Lipinski definition) is 4. The summed E-state index contributed by atoms with van der Waals surface area (Å²) in [5.74, 6) is 0. The van der Waals surface area contributed by atoms with Gasteiger partial charge in [0.2, 0.25) is 0 Å². The Kier molecular flexibility index (Phi) is 4.93.